The van der Waals surface area contributed by atoms with Gasteiger partial charge in [-0.2, -0.15) is 0 Å². The van der Waals surface area contributed by atoms with Crippen molar-refractivity contribution in [2.45, 2.75) is 0 Å². The van der Waals surface area contributed by atoms with Crippen LogP contribution in [0.2, 0.25) is 0 Å². The quantitative estimate of drug-likeness (QED) is 0.222. The fourth-order valence-corrected chi connectivity index (χ4v) is 6.14. The molecule has 0 unspecified atom stereocenters. The van der Waals surface area contributed by atoms with Crippen LogP contribution in [0.3, 0.4) is 0 Å². The number of para-hydroxylation sites is 1. The highest BCUT2D eigenvalue weighted by Crippen LogP contribution is 2.46. The van der Waals surface area contributed by atoms with Gasteiger partial charge in [0.15, 0.2) is 0 Å². The summed E-state index contributed by atoms with van der Waals surface area (Å²) >= 11 is 0. The van der Waals surface area contributed by atoms with Crippen molar-refractivity contribution < 1.29 is 4.42 Å². The van der Waals surface area contributed by atoms with Crippen molar-refractivity contribution in [3.8, 4) is 33.4 Å². The Kier molecular flexibility index (Phi) is 4.89. The molecular formula is C38H24O. The first-order valence-electron chi connectivity index (χ1n) is 13.4. The molecule has 0 N–H and O–H groups in total. The van der Waals surface area contributed by atoms with Crippen molar-refractivity contribution >= 4 is 43.5 Å². The number of fused-ring (bicyclic) bond motifs is 5. The van der Waals surface area contributed by atoms with E-state index in [9.17, 15) is 0 Å². The Morgan fingerprint density at radius 2 is 0.872 bits per heavy atom. The zero-order valence-electron chi connectivity index (χ0n) is 21.3. The first kappa shape index (κ1) is 21.9. The zero-order valence-corrected chi connectivity index (χ0v) is 21.3. The van der Waals surface area contributed by atoms with Crippen LogP contribution in [0.25, 0.3) is 76.9 Å². The van der Waals surface area contributed by atoms with Crippen molar-refractivity contribution in [1.82, 2.24) is 0 Å². The second kappa shape index (κ2) is 8.72. The van der Waals surface area contributed by atoms with E-state index in [1.54, 1.807) is 0 Å². The van der Waals surface area contributed by atoms with Gasteiger partial charge >= 0.3 is 0 Å². The van der Waals surface area contributed by atoms with E-state index >= 15 is 0 Å². The molecule has 1 nitrogen and oxygen atoms in total. The van der Waals surface area contributed by atoms with Crippen LogP contribution in [0.4, 0.5) is 0 Å². The summed E-state index contributed by atoms with van der Waals surface area (Å²) in [5, 5.41) is 7.23. The van der Waals surface area contributed by atoms with Gasteiger partial charge in [-0.05, 0) is 55.9 Å². The van der Waals surface area contributed by atoms with Crippen LogP contribution in [-0.4, -0.2) is 0 Å². The second-order valence-corrected chi connectivity index (χ2v) is 10.1. The van der Waals surface area contributed by atoms with E-state index in [-0.39, 0.29) is 0 Å². The van der Waals surface area contributed by atoms with E-state index in [1.165, 1.54) is 43.8 Å². The predicted octanol–water partition coefficient (Wildman–Crippen LogP) is 10.9. The molecule has 0 radical (unpaired) electrons. The zero-order chi connectivity index (χ0) is 25.8. The summed E-state index contributed by atoms with van der Waals surface area (Å²) in [7, 11) is 0. The van der Waals surface area contributed by atoms with Crippen molar-refractivity contribution in [2.24, 2.45) is 0 Å². The summed E-state index contributed by atoms with van der Waals surface area (Å²) in [5.41, 5.74) is 9.03. The molecular weight excluding hydrogens is 472 g/mol. The lowest BCUT2D eigenvalue weighted by atomic mass is 9.85. The lowest BCUT2D eigenvalue weighted by Crippen LogP contribution is -1.90. The molecule has 39 heavy (non-hydrogen) atoms. The largest absolute Gasteiger partial charge is 0.455 e. The third-order valence-corrected chi connectivity index (χ3v) is 7.87. The molecule has 0 bridgehead atoms. The van der Waals surface area contributed by atoms with E-state index in [1.807, 2.05) is 6.07 Å². The van der Waals surface area contributed by atoms with Crippen molar-refractivity contribution in [3.63, 3.8) is 0 Å². The number of hydrogen-bond acceptors (Lipinski definition) is 1. The summed E-state index contributed by atoms with van der Waals surface area (Å²) in [6, 6.07) is 51.9. The van der Waals surface area contributed by atoms with Crippen LogP contribution in [0.15, 0.2) is 150 Å². The molecule has 1 aromatic heterocycles. The van der Waals surface area contributed by atoms with Crippen LogP contribution in [-0.2, 0) is 0 Å². The van der Waals surface area contributed by atoms with Crippen LogP contribution in [0.1, 0.15) is 0 Å². The van der Waals surface area contributed by atoms with Crippen molar-refractivity contribution in [1.29, 1.82) is 0 Å². The Bertz CT molecular complexity index is 2090. The minimum atomic E-state index is 0.910. The molecule has 0 saturated heterocycles. The third-order valence-electron chi connectivity index (χ3n) is 7.87. The molecule has 1 heteroatoms. The minimum Gasteiger partial charge on any atom is -0.455 e. The van der Waals surface area contributed by atoms with E-state index in [0.29, 0.717) is 0 Å². The van der Waals surface area contributed by atoms with E-state index < -0.39 is 0 Å². The van der Waals surface area contributed by atoms with E-state index in [4.69, 9.17) is 4.42 Å². The highest BCUT2D eigenvalue weighted by Gasteiger charge is 2.20. The predicted molar refractivity (Wildman–Crippen MR) is 165 cm³/mol. The molecule has 0 saturated carbocycles. The molecule has 8 rings (SSSR count). The Hall–Kier alpha value is -5.14. The number of rotatable bonds is 3. The summed E-state index contributed by atoms with van der Waals surface area (Å²) < 4.78 is 6.71. The van der Waals surface area contributed by atoms with Gasteiger partial charge in [0.05, 0.1) is 0 Å². The molecule has 0 spiro atoms. The molecule has 0 aliphatic heterocycles. The minimum absolute atomic E-state index is 0.910. The molecule has 0 aliphatic carbocycles. The van der Waals surface area contributed by atoms with Crippen molar-refractivity contribution in [2.75, 3.05) is 0 Å². The maximum absolute atomic E-state index is 6.71. The normalized spacial score (nSPS) is 11.6. The average molecular weight is 497 g/mol. The molecule has 0 fully saturated rings. The first-order chi connectivity index (χ1) is 19.4. The van der Waals surface area contributed by atoms with Gasteiger partial charge in [-0.1, -0.05) is 133 Å². The fraction of sp³-hybridized carbons (Fsp3) is 0. The topological polar surface area (TPSA) is 13.1 Å². The van der Waals surface area contributed by atoms with Gasteiger partial charge in [-0.3, -0.25) is 0 Å². The Morgan fingerprint density at radius 1 is 0.333 bits per heavy atom. The first-order valence-corrected chi connectivity index (χ1v) is 13.4. The van der Waals surface area contributed by atoms with Crippen LogP contribution >= 0.6 is 0 Å². The molecule has 182 valence electrons. The van der Waals surface area contributed by atoms with Gasteiger partial charge < -0.3 is 4.42 Å². The Morgan fingerprint density at radius 3 is 1.51 bits per heavy atom. The maximum Gasteiger partial charge on any atom is 0.143 e. The second-order valence-electron chi connectivity index (χ2n) is 10.1. The Labute approximate surface area is 226 Å². The lowest BCUT2D eigenvalue weighted by Gasteiger charge is -2.17. The SMILES string of the molecule is c1ccc(-c2ccc3c(c2)oc2c(-c4c5ccccc5c(-c5ccccc5)c5ccccc45)cccc23)cc1. The van der Waals surface area contributed by atoms with Gasteiger partial charge in [-0.15, -0.1) is 0 Å². The molecule has 7 aromatic carbocycles. The van der Waals surface area contributed by atoms with E-state index in [2.05, 4.69) is 140 Å². The van der Waals surface area contributed by atoms with E-state index in [0.717, 1.165) is 33.1 Å². The highest BCUT2D eigenvalue weighted by atomic mass is 16.3. The molecule has 0 aliphatic rings. The maximum atomic E-state index is 6.71. The summed E-state index contributed by atoms with van der Waals surface area (Å²) in [5.74, 6) is 0. The summed E-state index contributed by atoms with van der Waals surface area (Å²) in [6.07, 6.45) is 0. The van der Waals surface area contributed by atoms with Gasteiger partial charge in [0.2, 0.25) is 0 Å². The molecule has 0 amide bonds. The summed E-state index contributed by atoms with van der Waals surface area (Å²) in [4.78, 5) is 0. The summed E-state index contributed by atoms with van der Waals surface area (Å²) in [6.45, 7) is 0. The van der Waals surface area contributed by atoms with Crippen LogP contribution in [0.5, 0.6) is 0 Å². The smallest absolute Gasteiger partial charge is 0.143 e. The fourth-order valence-electron chi connectivity index (χ4n) is 6.14. The number of furan rings is 1. The van der Waals surface area contributed by atoms with Crippen molar-refractivity contribution in [3.05, 3.63) is 146 Å². The lowest BCUT2D eigenvalue weighted by molar-refractivity contribution is 0.670. The molecule has 1 heterocycles. The third kappa shape index (κ3) is 3.41. The van der Waals surface area contributed by atoms with Gasteiger partial charge in [-0.25, -0.2) is 0 Å². The van der Waals surface area contributed by atoms with Gasteiger partial charge in [0, 0.05) is 21.9 Å². The number of hydrogen-bond donors (Lipinski definition) is 0. The molecule has 8 aromatic rings. The van der Waals surface area contributed by atoms with Crippen LogP contribution in [0, 0.1) is 0 Å². The Balaban J connectivity index is 1.46. The highest BCUT2D eigenvalue weighted by molar-refractivity contribution is 6.24. The standard InChI is InChI=1S/C38H24O/c1-3-12-25(13-4-1)27-22-23-28-33-20-11-21-34(38(33)39-35(28)24-27)37-31-18-9-7-16-29(31)36(26-14-5-2-6-15-26)30-17-8-10-19-32(30)37/h1-24H. The molecule has 0 atom stereocenters. The van der Waals surface area contributed by atoms with Gasteiger partial charge in [0.25, 0.3) is 0 Å². The monoisotopic (exact) mass is 496 g/mol. The average Bonchev–Trinajstić information content (AvgIpc) is 3.39. The number of benzene rings is 7. The van der Waals surface area contributed by atoms with Gasteiger partial charge in [0.1, 0.15) is 11.2 Å². The van der Waals surface area contributed by atoms with Crippen LogP contribution < -0.4 is 0 Å².